The summed E-state index contributed by atoms with van der Waals surface area (Å²) in [6.45, 7) is 0.455. The maximum absolute atomic E-state index is 13.6. The first-order chi connectivity index (χ1) is 14.9. The molecule has 6 heteroatoms. The lowest BCUT2D eigenvalue weighted by Crippen LogP contribution is -2.30. The molecule has 0 bridgehead atoms. The third-order valence-corrected chi connectivity index (χ3v) is 6.89. The largest absolute Gasteiger partial charge is 0.478 e. The summed E-state index contributed by atoms with van der Waals surface area (Å²) in [5.74, 6) is -1.05. The molecular weight excluding hydrogens is 410 g/mol. The molecule has 4 aromatic carbocycles. The van der Waals surface area contributed by atoms with Gasteiger partial charge in [-0.2, -0.15) is 4.31 Å². The van der Waals surface area contributed by atoms with Crippen LogP contribution in [-0.4, -0.2) is 23.8 Å². The Balaban J connectivity index is 1.76. The fourth-order valence-electron chi connectivity index (χ4n) is 3.47. The second-order valence-corrected chi connectivity index (χ2v) is 9.21. The number of rotatable bonds is 7. The van der Waals surface area contributed by atoms with Crippen LogP contribution < -0.4 is 0 Å². The van der Waals surface area contributed by atoms with E-state index in [0.29, 0.717) is 5.39 Å². The summed E-state index contributed by atoms with van der Waals surface area (Å²) >= 11 is 0. The van der Waals surface area contributed by atoms with Crippen LogP contribution in [0.3, 0.4) is 0 Å². The molecule has 0 aliphatic heterocycles. The molecule has 0 unspecified atom stereocenters. The zero-order chi connectivity index (χ0) is 21.8. The Bertz CT molecular complexity index is 1280. The number of carboxylic acids is 1. The molecule has 1 N–H and O–H groups in total. The van der Waals surface area contributed by atoms with E-state index in [0.717, 1.165) is 16.5 Å². The van der Waals surface area contributed by atoms with Crippen molar-refractivity contribution in [3.63, 3.8) is 0 Å². The van der Waals surface area contributed by atoms with E-state index in [1.54, 1.807) is 24.3 Å². The standard InChI is InChI=1S/C25H21NO4S/c27-25(28)22-12-11-21-13-14-24(16-23(21)15-22)31(29,30)26(17-19-7-3-1-4-8-19)18-20-9-5-2-6-10-20/h1-16H,17-18H2,(H,27,28). The lowest BCUT2D eigenvalue weighted by atomic mass is 10.1. The maximum atomic E-state index is 13.6. The Morgan fingerprint density at radius 2 is 1.26 bits per heavy atom. The average molecular weight is 432 g/mol. The number of sulfonamides is 1. The van der Waals surface area contributed by atoms with Gasteiger partial charge in [0.05, 0.1) is 10.5 Å². The van der Waals surface area contributed by atoms with E-state index in [1.807, 2.05) is 60.7 Å². The van der Waals surface area contributed by atoms with Crippen LogP contribution in [0.2, 0.25) is 0 Å². The summed E-state index contributed by atoms with van der Waals surface area (Å²) in [5.41, 5.74) is 1.89. The Labute approximate surface area is 181 Å². The Morgan fingerprint density at radius 1 is 0.710 bits per heavy atom. The maximum Gasteiger partial charge on any atom is 0.335 e. The predicted octanol–water partition coefficient (Wildman–Crippen LogP) is 4.93. The molecule has 4 aromatic rings. The number of hydrogen-bond acceptors (Lipinski definition) is 3. The van der Waals surface area contributed by atoms with Gasteiger partial charge in [-0.15, -0.1) is 0 Å². The lowest BCUT2D eigenvalue weighted by Gasteiger charge is -2.23. The van der Waals surface area contributed by atoms with Crippen LogP contribution >= 0.6 is 0 Å². The van der Waals surface area contributed by atoms with Gasteiger partial charge >= 0.3 is 5.97 Å². The van der Waals surface area contributed by atoms with E-state index >= 15 is 0 Å². The first-order valence-corrected chi connectivity index (χ1v) is 11.2. The van der Waals surface area contributed by atoms with Crippen molar-refractivity contribution in [2.24, 2.45) is 0 Å². The number of carboxylic acid groups (broad SMARTS) is 1. The highest BCUT2D eigenvalue weighted by Crippen LogP contribution is 2.25. The van der Waals surface area contributed by atoms with Crippen LogP contribution in [0, 0.1) is 0 Å². The molecule has 0 spiro atoms. The number of carbonyl (C=O) groups is 1. The van der Waals surface area contributed by atoms with Crippen molar-refractivity contribution < 1.29 is 18.3 Å². The van der Waals surface area contributed by atoms with Gasteiger partial charge in [0.1, 0.15) is 0 Å². The van der Waals surface area contributed by atoms with Gasteiger partial charge in [0.2, 0.25) is 10.0 Å². The summed E-state index contributed by atoms with van der Waals surface area (Å²) in [6.07, 6.45) is 0. The Hall–Kier alpha value is -3.48. The summed E-state index contributed by atoms with van der Waals surface area (Å²) in [6, 6.07) is 28.4. The van der Waals surface area contributed by atoms with E-state index in [4.69, 9.17) is 0 Å². The summed E-state index contributed by atoms with van der Waals surface area (Å²) < 4.78 is 28.7. The smallest absolute Gasteiger partial charge is 0.335 e. The highest BCUT2D eigenvalue weighted by Gasteiger charge is 2.25. The van der Waals surface area contributed by atoms with E-state index in [9.17, 15) is 18.3 Å². The van der Waals surface area contributed by atoms with Crippen LogP contribution in [0.4, 0.5) is 0 Å². The van der Waals surface area contributed by atoms with Crippen molar-refractivity contribution in [3.8, 4) is 0 Å². The minimum Gasteiger partial charge on any atom is -0.478 e. The fraction of sp³-hybridized carbons (Fsp3) is 0.0800. The molecule has 4 rings (SSSR count). The fourth-order valence-corrected chi connectivity index (χ4v) is 4.92. The molecule has 5 nitrogen and oxygen atoms in total. The number of hydrogen-bond donors (Lipinski definition) is 1. The average Bonchev–Trinajstić information content (AvgIpc) is 2.79. The number of fused-ring (bicyclic) bond motifs is 1. The van der Waals surface area contributed by atoms with Crippen molar-refractivity contribution in [2.75, 3.05) is 0 Å². The molecule has 156 valence electrons. The van der Waals surface area contributed by atoms with Crippen LogP contribution in [0.5, 0.6) is 0 Å². The van der Waals surface area contributed by atoms with Crippen molar-refractivity contribution in [3.05, 3.63) is 114 Å². The van der Waals surface area contributed by atoms with Gasteiger partial charge in [-0.05, 0) is 46.2 Å². The molecule has 0 aliphatic rings. The second kappa shape index (κ2) is 8.71. The van der Waals surface area contributed by atoms with Gasteiger partial charge in [-0.1, -0.05) is 72.8 Å². The van der Waals surface area contributed by atoms with Gasteiger partial charge in [0, 0.05) is 13.1 Å². The molecule has 0 heterocycles. The van der Waals surface area contributed by atoms with Crippen molar-refractivity contribution >= 4 is 26.8 Å². The second-order valence-electron chi connectivity index (χ2n) is 7.27. The minimum absolute atomic E-state index is 0.118. The first-order valence-electron chi connectivity index (χ1n) is 9.78. The van der Waals surface area contributed by atoms with Crippen molar-refractivity contribution in [1.82, 2.24) is 4.31 Å². The zero-order valence-corrected chi connectivity index (χ0v) is 17.5. The van der Waals surface area contributed by atoms with E-state index in [1.165, 1.54) is 16.4 Å². The zero-order valence-electron chi connectivity index (χ0n) is 16.7. The number of aromatic carboxylic acids is 1. The molecule has 0 amide bonds. The van der Waals surface area contributed by atoms with Gasteiger partial charge in [-0.25, -0.2) is 13.2 Å². The molecule has 0 saturated heterocycles. The summed E-state index contributed by atoms with van der Waals surface area (Å²) in [5, 5.41) is 10.6. The highest BCUT2D eigenvalue weighted by molar-refractivity contribution is 7.89. The van der Waals surface area contributed by atoms with Crippen LogP contribution in [0.25, 0.3) is 10.8 Å². The molecule has 31 heavy (non-hydrogen) atoms. The molecule has 0 aromatic heterocycles. The van der Waals surface area contributed by atoms with Gasteiger partial charge < -0.3 is 5.11 Å². The third-order valence-electron chi connectivity index (χ3n) is 5.10. The number of benzene rings is 4. The normalized spacial score (nSPS) is 11.6. The number of nitrogens with zero attached hydrogens (tertiary/aromatic N) is 1. The van der Waals surface area contributed by atoms with Gasteiger partial charge in [-0.3, -0.25) is 0 Å². The minimum atomic E-state index is -3.84. The van der Waals surface area contributed by atoms with Crippen LogP contribution in [0.15, 0.2) is 102 Å². The highest BCUT2D eigenvalue weighted by atomic mass is 32.2. The van der Waals surface area contributed by atoms with Gasteiger partial charge in [0.15, 0.2) is 0 Å². The Kier molecular flexibility index (Phi) is 5.84. The van der Waals surface area contributed by atoms with E-state index < -0.39 is 16.0 Å². The monoisotopic (exact) mass is 431 g/mol. The molecule has 0 atom stereocenters. The van der Waals surface area contributed by atoms with E-state index in [2.05, 4.69) is 0 Å². The predicted molar refractivity (Wildman–Crippen MR) is 120 cm³/mol. The van der Waals surface area contributed by atoms with Gasteiger partial charge in [0.25, 0.3) is 0 Å². The topological polar surface area (TPSA) is 74.7 Å². The Morgan fingerprint density at radius 3 is 1.81 bits per heavy atom. The molecule has 0 aliphatic carbocycles. The van der Waals surface area contributed by atoms with Crippen molar-refractivity contribution in [1.29, 1.82) is 0 Å². The SMILES string of the molecule is O=C(O)c1ccc2ccc(S(=O)(=O)N(Cc3ccccc3)Cc3ccccc3)cc2c1. The molecule has 0 saturated carbocycles. The first kappa shape index (κ1) is 20.8. The summed E-state index contributed by atoms with van der Waals surface area (Å²) in [4.78, 5) is 11.4. The molecule has 0 fully saturated rings. The quantitative estimate of drug-likeness (QED) is 0.450. The van der Waals surface area contributed by atoms with Crippen molar-refractivity contribution in [2.45, 2.75) is 18.0 Å². The lowest BCUT2D eigenvalue weighted by molar-refractivity contribution is 0.0697. The van der Waals surface area contributed by atoms with E-state index in [-0.39, 0.29) is 23.5 Å². The van der Waals surface area contributed by atoms with Crippen LogP contribution in [0.1, 0.15) is 21.5 Å². The summed E-state index contributed by atoms with van der Waals surface area (Å²) in [7, 11) is -3.84. The molecule has 0 radical (unpaired) electrons. The molecular formula is C25H21NO4S. The third kappa shape index (κ3) is 4.66. The van der Waals surface area contributed by atoms with Crippen LogP contribution in [-0.2, 0) is 23.1 Å².